The molecule has 0 fully saturated rings. The summed E-state index contributed by atoms with van der Waals surface area (Å²) in [5.74, 6) is 0.746. The van der Waals surface area contributed by atoms with E-state index < -0.39 is 0 Å². The van der Waals surface area contributed by atoms with E-state index in [9.17, 15) is 4.79 Å². The third kappa shape index (κ3) is 1.98. The van der Waals surface area contributed by atoms with Crippen LogP contribution in [0.4, 0.5) is 0 Å². The minimum absolute atomic E-state index is 0.575. The maximum atomic E-state index is 10.6. The molecule has 4 nitrogen and oxygen atoms in total. The van der Waals surface area contributed by atoms with Crippen molar-refractivity contribution in [3.63, 3.8) is 0 Å². The van der Waals surface area contributed by atoms with Gasteiger partial charge in [0.25, 0.3) is 0 Å². The average Bonchev–Trinajstić information content (AvgIpc) is 2.64. The topological polar surface area (TPSA) is 47.8 Å². The summed E-state index contributed by atoms with van der Waals surface area (Å²) in [4.78, 5) is 14.8. The van der Waals surface area contributed by atoms with Crippen LogP contribution in [0.25, 0.3) is 5.82 Å². The van der Waals surface area contributed by atoms with E-state index in [2.05, 4.69) is 17.0 Å². The standard InChI is InChI=1S/C13H15N3O/c1-4-12-9(2)15-16(10(12)3)13-6-5-11(8-17)7-14-13/h5-8H,4H2,1-3H3. The van der Waals surface area contributed by atoms with Crippen molar-refractivity contribution in [2.75, 3.05) is 0 Å². The third-order valence-electron chi connectivity index (χ3n) is 2.92. The van der Waals surface area contributed by atoms with E-state index in [0.29, 0.717) is 5.56 Å². The van der Waals surface area contributed by atoms with Crippen molar-refractivity contribution in [1.82, 2.24) is 14.8 Å². The van der Waals surface area contributed by atoms with Crippen LogP contribution < -0.4 is 0 Å². The van der Waals surface area contributed by atoms with Gasteiger partial charge in [-0.1, -0.05) is 6.92 Å². The molecule has 2 aromatic rings. The minimum Gasteiger partial charge on any atom is -0.298 e. The number of carbonyl (C=O) groups is 1. The first-order valence-corrected chi connectivity index (χ1v) is 5.64. The van der Waals surface area contributed by atoms with Crippen molar-refractivity contribution in [3.05, 3.63) is 40.8 Å². The maximum absolute atomic E-state index is 10.6. The fourth-order valence-electron chi connectivity index (χ4n) is 2.00. The Bertz CT molecular complexity index is 541. The number of rotatable bonds is 3. The van der Waals surface area contributed by atoms with Crippen LogP contribution in [0.1, 0.15) is 34.2 Å². The Morgan fingerprint density at radius 3 is 2.59 bits per heavy atom. The van der Waals surface area contributed by atoms with Gasteiger partial charge in [0.2, 0.25) is 0 Å². The Labute approximate surface area is 100 Å². The van der Waals surface area contributed by atoms with Crippen molar-refractivity contribution < 1.29 is 4.79 Å². The average molecular weight is 229 g/mol. The number of aromatic nitrogens is 3. The Hall–Kier alpha value is -1.97. The van der Waals surface area contributed by atoms with E-state index in [1.165, 1.54) is 5.56 Å². The lowest BCUT2D eigenvalue weighted by Gasteiger charge is -2.03. The number of hydrogen-bond acceptors (Lipinski definition) is 3. The molecule has 0 aliphatic heterocycles. The molecule has 2 aromatic heterocycles. The molecule has 0 aliphatic rings. The molecule has 0 radical (unpaired) electrons. The normalized spacial score (nSPS) is 10.5. The lowest BCUT2D eigenvalue weighted by atomic mass is 10.1. The van der Waals surface area contributed by atoms with Crippen LogP contribution in [0.3, 0.4) is 0 Å². The zero-order chi connectivity index (χ0) is 12.4. The Morgan fingerprint density at radius 2 is 2.12 bits per heavy atom. The molecule has 4 heteroatoms. The summed E-state index contributed by atoms with van der Waals surface area (Å²) in [6.45, 7) is 6.15. The van der Waals surface area contributed by atoms with Crippen LogP contribution in [0, 0.1) is 13.8 Å². The molecule has 17 heavy (non-hydrogen) atoms. The van der Waals surface area contributed by atoms with Crippen molar-refractivity contribution in [2.45, 2.75) is 27.2 Å². The van der Waals surface area contributed by atoms with Crippen LogP contribution in [0.2, 0.25) is 0 Å². The molecule has 2 heterocycles. The smallest absolute Gasteiger partial charge is 0.153 e. The van der Waals surface area contributed by atoms with E-state index in [1.807, 2.05) is 24.6 Å². The molecule has 0 amide bonds. The lowest BCUT2D eigenvalue weighted by Crippen LogP contribution is -2.02. The number of hydrogen-bond donors (Lipinski definition) is 0. The number of carbonyl (C=O) groups excluding carboxylic acids is 1. The van der Waals surface area contributed by atoms with Crippen LogP contribution in [0.15, 0.2) is 18.3 Å². The Morgan fingerprint density at radius 1 is 1.35 bits per heavy atom. The van der Waals surface area contributed by atoms with Crippen LogP contribution >= 0.6 is 0 Å². The first kappa shape index (κ1) is 11.5. The van der Waals surface area contributed by atoms with Gasteiger partial charge in [0.05, 0.1) is 5.69 Å². The van der Waals surface area contributed by atoms with Gasteiger partial charge in [-0.25, -0.2) is 9.67 Å². The van der Waals surface area contributed by atoms with Crippen molar-refractivity contribution >= 4 is 6.29 Å². The SMILES string of the molecule is CCc1c(C)nn(-c2ccc(C=O)cn2)c1C. The van der Waals surface area contributed by atoms with Gasteiger partial charge >= 0.3 is 0 Å². The quantitative estimate of drug-likeness (QED) is 0.758. The van der Waals surface area contributed by atoms with Gasteiger partial charge in [0.15, 0.2) is 12.1 Å². The second-order valence-corrected chi connectivity index (χ2v) is 3.98. The molecule has 0 atom stereocenters. The fraction of sp³-hybridized carbons (Fsp3) is 0.308. The van der Waals surface area contributed by atoms with Crippen LogP contribution in [0.5, 0.6) is 0 Å². The molecular formula is C13H15N3O. The zero-order valence-corrected chi connectivity index (χ0v) is 10.3. The van der Waals surface area contributed by atoms with E-state index in [4.69, 9.17) is 0 Å². The van der Waals surface area contributed by atoms with Crippen LogP contribution in [-0.4, -0.2) is 21.1 Å². The van der Waals surface area contributed by atoms with Gasteiger partial charge in [-0.05, 0) is 38.0 Å². The Kier molecular flexibility index (Phi) is 3.04. The third-order valence-corrected chi connectivity index (χ3v) is 2.92. The second kappa shape index (κ2) is 4.49. The summed E-state index contributed by atoms with van der Waals surface area (Å²) in [6, 6.07) is 3.56. The highest BCUT2D eigenvalue weighted by atomic mass is 16.1. The molecule has 0 saturated heterocycles. The first-order chi connectivity index (χ1) is 8.17. The van der Waals surface area contributed by atoms with Gasteiger partial charge in [0.1, 0.15) is 0 Å². The fourth-order valence-corrected chi connectivity index (χ4v) is 2.00. The lowest BCUT2D eigenvalue weighted by molar-refractivity contribution is 0.112. The summed E-state index contributed by atoms with van der Waals surface area (Å²) in [5.41, 5.74) is 3.97. The molecule has 0 unspecified atom stereocenters. The van der Waals surface area contributed by atoms with Crippen molar-refractivity contribution in [2.24, 2.45) is 0 Å². The molecule has 0 aromatic carbocycles. The summed E-state index contributed by atoms with van der Waals surface area (Å²) in [5, 5.41) is 4.47. The van der Waals surface area contributed by atoms with Gasteiger partial charge in [-0.3, -0.25) is 4.79 Å². The molecule has 0 N–H and O–H groups in total. The van der Waals surface area contributed by atoms with E-state index in [-0.39, 0.29) is 0 Å². The van der Waals surface area contributed by atoms with Crippen molar-refractivity contribution in [1.29, 1.82) is 0 Å². The van der Waals surface area contributed by atoms with Gasteiger partial charge in [-0.2, -0.15) is 5.10 Å². The van der Waals surface area contributed by atoms with E-state index >= 15 is 0 Å². The Balaban J connectivity index is 2.49. The van der Waals surface area contributed by atoms with E-state index in [0.717, 1.165) is 29.9 Å². The number of pyridine rings is 1. The number of nitrogens with zero attached hydrogens (tertiary/aromatic N) is 3. The van der Waals surface area contributed by atoms with Gasteiger partial charge in [-0.15, -0.1) is 0 Å². The van der Waals surface area contributed by atoms with Gasteiger partial charge in [0, 0.05) is 17.5 Å². The minimum atomic E-state index is 0.575. The molecule has 2 rings (SSSR count). The maximum Gasteiger partial charge on any atom is 0.153 e. The van der Waals surface area contributed by atoms with E-state index in [1.54, 1.807) is 12.3 Å². The predicted molar refractivity (Wildman–Crippen MR) is 65.6 cm³/mol. The van der Waals surface area contributed by atoms with Crippen LogP contribution in [-0.2, 0) is 6.42 Å². The van der Waals surface area contributed by atoms with Gasteiger partial charge < -0.3 is 0 Å². The number of aldehydes is 1. The monoisotopic (exact) mass is 229 g/mol. The summed E-state index contributed by atoms with van der Waals surface area (Å²) in [7, 11) is 0. The van der Waals surface area contributed by atoms with Crippen molar-refractivity contribution in [3.8, 4) is 5.82 Å². The predicted octanol–water partition coefficient (Wildman–Crippen LogP) is 2.26. The summed E-state index contributed by atoms with van der Waals surface area (Å²) in [6.07, 6.45) is 3.31. The number of aryl methyl sites for hydroxylation is 1. The zero-order valence-electron chi connectivity index (χ0n) is 10.3. The molecule has 0 saturated carbocycles. The molecule has 0 bridgehead atoms. The highest BCUT2D eigenvalue weighted by molar-refractivity contribution is 5.74. The molecule has 0 spiro atoms. The largest absolute Gasteiger partial charge is 0.298 e. The summed E-state index contributed by atoms with van der Waals surface area (Å²) < 4.78 is 1.82. The highest BCUT2D eigenvalue weighted by Gasteiger charge is 2.11. The molecular weight excluding hydrogens is 214 g/mol. The molecule has 0 aliphatic carbocycles. The highest BCUT2D eigenvalue weighted by Crippen LogP contribution is 2.16. The second-order valence-electron chi connectivity index (χ2n) is 3.98. The first-order valence-electron chi connectivity index (χ1n) is 5.64. The summed E-state index contributed by atoms with van der Waals surface area (Å²) >= 11 is 0. The molecule has 88 valence electrons.